The highest BCUT2D eigenvalue weighted by Gasteiger charge is 2.23. The maximum absolute atomic E-state index is 14.7. The molecule has 1 saturated heterocycles. The number of nitrogens with zero attached hydrogens (tertiary/aromatic N) is 1. The number of anilines is 2. The van der Waals surface area contributed by atoms with Crippen molar-refractivity contribution in [3.05, 3.63) is 42.3 Å². The van der Waals surface area contributed by atoms with Gasteiger partial charge in [-0.05, 0) is 75.1 Å². The zero-order chi connectivity index (χ0) is 23.8. The first-order valence-corrected chi connectivity index (χ1v) is 12.7. The molecular weight excluding hydrogens is 431 g/mol. The van der Waals surface area contributed by atoms with Crippen molar-refractivity contribution in [3.8, 4) is 11.1 Å². The zero-order valence-electron chi connectivity index (χ0n) is 20.5. The maximum atomic E-state index is 14.7. The number of aromatic nitrogens is 1. The average Bonchev–Trinajstić information content (AvgIpc) is 2.86. The van der Waals surface area contributed by atoms with Gasteiger partial charge in [0, 0.05) is 56.2 Å². The van der Waals surface area contributed by atoms with Crippen molar-refractivity contribution >= 4 is 11.5 Å². The van der Waals surface area contributed by atoms with Crippen LogP contribution in [0.1, 0.15) is 45.4 Å². The van der Waals surface area contributed by atoms with E-state index < -0.39 is 0 Å². The fourth-order valence-electron chi connectivity index (χ4n) is 5.06. The van der Waals surface area contributed by atoms with E-state index in [9.17, 15) is 4.39 Å². The Labute approximate surface area is 203 Å². The molecule has 0 bridgehead atoms. The Hall–Kier alpha value is -2.22. The van der Waals surface area contributed by atoms with Crippen molar-refractivity contribution in [1.82, 2.24) is 10.3 Å². The molecule has 3 N–H and O–H groups in total. The summed E-state index contributed by atoms with van der Waals surface area (Å²) in [7, 11) is 1.74. The number of rotatable bonds is 10. The number of nitrogens with one attached hydrogen (secondary N) is 3. The van der Waals surface area contributed by atoms with E-state index in [1.165, 1.54) is 6.20 Å². The van der Waals surface area contributed by atoms with Crippen LogP contribution in [0.3, 0.4) is 0 Å². The summed E-state index contributed by atoms with van der Waals surface area (Å²) in [5, 5.41) is 10.7. The van der Waals surface area contributed by atoms with Gasteiger partial charge in [-0.2, -0.15) is 0 Å². The summed E-state index contributed by atoms with van der Waals surface area (Å²) in [6.45, 7) is 5.49. The first kappa shape index (κ1) is 24.9. The molecule has 0 amide bonds. The predicted octanol–water partition coefficient (Wildman–Crippen LogP) is 5.07. The summed E-state index contributed by atoms with van der Waals surface area (Å²) >= 11 is 0. The van der Waals surface area contributed by atoms with Crippen molar-refractivity contribution in [2.24, 2.45) is 5.92 Å². The third-order valence-electron chi connectivity index (χ3n) is 6.98. The number of hydrogen-bond donors (Lipinski definition) is 3. The van der Waals surface area contributed by atoms with Gasteiger partial charge in [-0.1, -0.05) is 12.1 Å². The summed E-state index contributed by atoms with van der Waals surface area (Å²) < 4.78 is 25.4. The second-order valence-corrected chi connectivity index (χ2v) is 9.78. The third kappa shape index (κ3) is 7.14. The normalized spacial score (nSPS) is 22.3. The predicted molar refractivity (Wildman–Crippen MR) is 136 cm³/mol. The summed E-state index contributed by atoms with van der Waals surface area (Å²) in [6, 6.07) is 11.1. The second kappa shape index (κ2) is 12.5. The molecule has 1 aliphatic heterocycles. The summed E-state index contributed by atoms with van der Waals surface area (Å²) in [6.07, 6.45) is 7.87. The molecule has 2 heterocycles. The van der Waals surface area contributed by atoms with Crippen LogP contribution in [-0.4, -0.2) is 56.6 Å². The van der Waals surface area contributed by atoms with E-state index in [0.29, 0.717) is 29.6 Å². The van der Waals surface area contributed by atoms with Crippen LogP contribution in [-0.2, 0) is 9.47 Å². The maximum Gasteiger partial charge on any atom is 0.149 e. The van der Waals surface area contributed by atoms with Crippen LogP contribution in [0.25, 0.3) is 11.1 Å². The Morgan fingerprint density at radius 3 is 2.62 bits per heavy atom. The molecule has 1 aromatic heterocycles. The van der Waals surface area contributed by atoms with Crippen molar-refractivity contribution in [2.45, 2.75) is 63.6 Å². The minimum absolute atomic E-state index is 0.299. The molecule has 0 radical (unpaired) electrons. The average molecular weight is 471 g/mol. The molecule has 6 nitrogen and oxygen atoms in total. The van der Waals surface area contributed by atoms with Crippen LogP contribution in [0, 0.1) is 11.7 Å². The van der Waals surface area contributed by atoms with Gasteiger partial charge in [0.15, 0.2) is 0 Å². The molecular formula is C27H39FN4O2. The summed E-state index contributed by atoms with van der Waals surface area (Å²) in [5.74, 6) is 1.06. The molecule has 0 unspecified atom stereocenters. The van der Waals surface area contributed by atoms with Gasteiger partial charge in [-0.15, -0.1) is 0 Å². The van der Waals surface area contributed by atoms with E-state index in [2.05, 4.69) is 27.9 Å². The first-order chi connectivity index (χ1) is 16.6. The minimum Gasteiger partial charge on any atom is -0.385 e. The van der Waals surface area contributed by atoms with E-state index in [1.807, 2.05) is 30.3 Å². The number of benzene rings is 1. The van der Waals surface area contributed by atoms with Gasteiger partial charge in [0.25, 0.3) is 0 Å². The molecule has 2 aromatic rings. The van der Waals surface area contributed by atoms with E-state index in [0.717, 1.165) is 82.0 Å². The lowest BCUT2D eigenvalue weighted by atomic mass is 9.90. The van der Waals surface area contributed by atoms with Gasteiger partial charge in [0.1, 0.15) is 11.6 Å². The van der Waals surface area contributed by atoms with Gasteiger partial charge in [0.05, 0.1) is 12.8 Å². The topological polar surface area (TPSA) is 67.4 Å². The van der Waals surface area contributed by atoms with Crippen LogP contribution in [0.2, 0.25) is 0 Å². The number of hydrogen-bond acceptors (Lipinski definition) is 6. The molecule has 1 aliphatic carbocycles. The van der Waals surface area contributed by atoms with Crippen LogP contribution < -0.4 is 16.0 Å². The summed E-state index contributed by atoms with van der Waals surface area (Å²) in [5.41, 5.74) is 2.46. The number of methoxy groups -OCH3 is 1. The molecule has 186 valence electrons. The van der Waals surface area contributed by atoms with Crippen molar-refractivity contribution in [3.63, 3.8) is 0 Å². The molecule has 4 rings (SSSR count). The molecule has 1 atom stereocenters. The molecule has 1 saturated carbocycles. The van der Waals surface area contributed by atoms with Crippen molar-refractivity contribution < 1.29 is 13.9 Å². The van der Waals surface area contributed by atoms with E-state index in [4.69, 9.17) is 9.47 Å². The Morgan fingerprint density at radius 2 is 1.85 bits per heavy atom. The fraction of sp³-hybridized carbons (Fsp3) is 0.593. The van der Waals surface area contributed by atoms with Crippen molar-refractivity contribution in [2.75, 3.05) is 44.1 Å². The van der Waals surface area contributed by atoms with E-state index in [1.54, 1.807) is 7.11 Å². The quantitative estimate of drug-likeness (QED) is 0.450. The highest BCUT2D eigenvalue weighted by Crippen LogP contribution is 2.29. The van der Waals surface area contributed by atoms with Crippen LogP contribution in [0.15, 0.2) is 36.5 Å². The smallest absolute Gasteiger partial charge is 0.149 e. The Balaban J connectivity index is 1.34. The number of ether oxygens (including phenoxy) is 2. The van der Waals surface area contributed by atoms with Crippen LogP contribution >= 0.6 is 0 Å². The lowest BCUT2D eigenvalue weighted by Gasteiger charge is -2.31. The minimum atomic E-state index is -0.299. The molecule has 7 heteroatoms. The molecule has 2 fully saturated rings. The first-order valence-electron chi connectivity index (χ1n) is 12.7. The number of pyridine rings is 1. The van der Waals surface area contributed by atoms with E-state index >= 15 is 0 Å². The Morgan fingerprint density at radius 1 is 1.09 bits per heavy atom. The molecule has 0 spiro atoms. The van der Waals surface area contributed by atoms with Crippen LogP contribution in [0.5, 0.6) is 0 Å². The summed E-state index contributed by atoms with van der Waals surface area (Å²) in [4.78, 5) is 4.32. The lowest BCUT2D eigenvalue weighted by Crippen LogP contribution is -2.42. The molecule has 2 aliphatic rings. The SMILES string of the molecule is COC[C@@H](C)N[C@H]1CC[C@H](Nc2cc(-c3cccc(NCC4CCOCC4)c3)c(F)cn2)CC1. The largest absolute Gasteiger partial charge is 0.385 e. The lowest BCUT2D eigenvalue weighted by molar-refractivity contribution is 0.0699. The van der Waals surface area contributed by atoms with Gasteiger partial charge in [0.2, 0.25) is 0 Å². The van der Waals surface area contributed by atoms with Gasteiger partial charge in [-0.3, -0.25) is 0 Å². The molecule has 1 aromatic carbocycles. The fourth-order valence-corrected chi connectivity index (χ4v) is 5.06. The third-order valence-corrected chi connectivity index (χ3v) is 6.98. The zero-order valence-corrected chi connectivity index (χ0v) is 20.5. The Bertz CT molecular complexity index is 898. The van der Waals surface area contributed by atoms with E-state index in [-0.39, 0.29) is 5.82 Å². The highest BCUT2D eigenvalue weighted by molar-refractivity contribution is 5.70. The molecule has 34 heavy (non-hydrogen) atoms. The Kier molecular flexibility index (Phi) is 9.13. The standard InChI is InChI=1S/C27H39FN4O2/c1-19(18-33-2)31-22-6-8-23(9-7-22)32-27-15-25(26(28)17-30-27)21-4-3-5-24(14-21)29-16-20-10-12-34-13-11-20/h3-5,14-15,17,19-20,22-23,29,31H,6-13,16,18H2,1-2H3,(H,30,32)/t19-,22-,23-/m1/s1. The number of halogens is 1. The van der Waals surface area contributed by atoms with Crippen LogP contribution in [0.4, 0.5) is 15.9 Å². The second-order valence-electron chi connectivity index (χ2n) is 9.78. The highest BCUT2D eigenvalue weighted by atomic mass is 19.1. The van der Waals surface area contributed by atoms with Crippen molar-refractivity contribution in [1.29, 1.82) is 0 Å². The van der Waals surface area contributed by atoms with Gasteiger partial charge < -0.3 is 25.4 Å². The monoisotopic (exact) mass is 470 g/mol. The van der Waals surface area contributed by atoms with Gasteiger partial charge in [-0.25, -0.2) is 9.37 Å². The van der Waals surface area contributed by atoms with Gasteiger partial charge >= 0.3 is 0 Å².